The van der Waals surface area contributed by atoms with Crippen LogP contribution in [-0.2, 0) is 0 Å². The van der Waals surface area contributed by atoms with Crippen LogP contribution in [0.1, 0.15) is 0 Å². The molecule has 5 nitrogen and oxygen atoms in total. The van der Waals surface area contributed by atoms with E-state index in [9.17, 15) is 0 Å². The Balaban J connectivity index is 1.02. The van der Waals surface area contributed by atoms with Gasteiger partial charge in [-0.2, -0.15) is 0 Å². The van der Waals surface area contributed by atoms with Gasteiger partial charge in [-0.05, 0) is 82.9 Å². The van der Waals surface area contributed by atoms with Gasteiger partial charge in [0.1, 0.15) is 11.3 Å². The fourth-order valence-corrected chi connectivity index (χ4v) is 8.23. The summed E-state index contributed by atoms with van der Waals surface area (Å²) in [4.78, 5) is 15.8. The molecular weight excluding hydrogens is 707 g/mol. The first-order valence-electron chi connectivity index (χ1n) is 19.5. The minimum atomic E-state index is 0.689. The molecular formula is C53H35N5. The molecule has 3 aromatic heterocycles. The van der Waals surface area contributed by atoms with Crippen molar-refractivity contribution in [3.05, 3.63) is 212 Å². The maximum absolute atomic E-state index is 5.37. The molecule has 5 heteroatoms. The van der Waals surface area contributed by atoms with Crippen LogP contribution in [0.4, 0.5) is 0 Å². The quantitative estimate of drug-likeness (QED) is 0.163. The Labute approximate surface area is 335 Å². The summed E-state index contributed by atoms with van der Waals surface area (Å²) in [5, 5.41) is 1.09. The number of rotatable bonds is 7. The zero-order valence-corrected chi connectivity index (χ0v) is 31.4. The lowest BCUT2D eigenvalue weighted by Gasteiger charge is -2.13. The molecule has 11 rings (SSSR count). The molecule has 0 aliphatic heterocycles. The van der Waals surface area contributed by atoms with Gasteiger partial charge in [0.05, 0.1) is 27.8 Å². The monoisotopic (exact) mass is 741 g/mol. The standard InChI is InChI=1S/C53H35N5/c1-4-17-36(18-5-1)49-51-50(45-29-10-12-31-47(45)57(51)43-25-6-2-7-26-43)56-52(55-49)41-23-15-21-39(34-41)37-19-14-20-38(33-37)40-22-16-24-42(35-40)53-54-46-30-11-13-32-48(46)58(53)44-27-8-3-9-28-44/h1-35H. The van der Waals surface area contributed by atoms with E-state index in [1.165, 1.54) is 0 Å². The number of aromatic nitrogens is 5. The molecule has 0 bridgehead atoms. The van der Waals surface area contributed by atoms with Gasteiger partial charge in [-0.15, -0.1) is 0 Å². The number of nitrogens with zero attached hydrogens (tertiary/aromatic N) is 5. The number of hydrogen-bond donors (Lipinski definition) is 0. The van der Waals surface area contributed by atoms with Crippen molar-refractivity contribution in [3.63, 3.8) is 0 Å². The van der Waals surface area contributed by atoms with E-state index in [4.69, 9.17) is 15.0 Å². The van der Waals surface area contributed by atoms with Crippen LogP contribution in [0.2, 0.25) is 0 Å². The predicted molar refractivity (Wildman–Crippen MR) is 238 cm³/mol. The summed E-state index contributed by atoms with van der Waals surface area (Å²) < 4.78 is 4.55. The number of imidazole rings is 1. The highest BCUT2D eigenvalue weighted by Gasteiger charge is 2.21. The Morgan fingerprint density at radius 3 is 1.48 bits per heavy atom. The first-order chi connectivity index (χ1) is 28.8. The molecule has 3 heterocycles. The average molecular weight is 742 g/mol. The normalized spacial score (nSPS) is 11.4. The first-order valence-corrected chi connectivity index (χ1v) is 19.5. The second kappa shape index (κ2) is 14.0. The van der Waals surface area contributed by atoms with Crippen molar-refractivity contribution in [2.75, 3.05) is 0 Å². The Hall–Kier alpha value is -7.89. The van der Waals surface area contributed by atoms with Gasteiger partial charge in [0.25, 0.3) is 0 Å². The molecule has 0 saturated heterocycles. The van der Waals surface area contributed by atoms with E-state index < -0.39 is 0 Å². The summed E-state index contributed by atoms with van der Waals surface area (Å²) in [7, 11) is 0. The van der Waals surface area contributed by atoms with Gasteiger partial charge in [-0.25, -0.2) is 15.0 Å². The number of benzene rings is 8. The molecule has 272 valence electrons. The van der Waals surface area contributed by atoms with E-state index in [2.05, 4.69) is 197 Å². The first kappa shape index (κ1) is 33.4. The molecule has 8 aromatic carbocycles. The Bertz CT molecular complexity index is 3270. The van der Waals surface area contributed by atoms with E-state index in [0.29, 0.717) is 5.82 Å². The molecule has 0 amide bonds. The van der Waals surface area contributed by atoms with E-state index in [0.717, 1.165) is 94.8 Å². The van der Waals surface area contributed by atoms with Gasteiger partial charge in [-0.3, -0.25) is 4.57 Å². The molecule has 0 spiro atoms. The third kappa shape index (κ3) is 5.76. The van der Waals surface area contributed by atoms with Crippen molar-refractivity contribution in [1.29, 1.82) is 0 Å². The van der Waals surface area contributed by atoms with Gasteiger partial charge < -0.3 is 4.57 Å². The fourth-order valence-electron chi connectivity index (χ4n) is 8.23. The van der Waals surface area contributed by atoms with Gasteiger partial charge in [-0.1, -0.05) is 152 Å². The van der Waals surface area contributed by atoms with Crippen molar-refractivity contribution < 1.29 is 0 Å². The molecule has 0 atom stereocenters. The van der Waals surface area contributed by atoms with Gasteiger partial charge in [0.15, 0.2) is 5.82 Å². The van der Waals surface area contributed by atoms with E-state index in [1.54, 1.807) is 0 Å². The van der Waals surface area contributed by atoms with Crippen LogP contribution in [0.15, 0.2) is 212 Å². The largest absolute Gasteiger partial charge is 0.306 e. The molecule has 0 N–H and O–H groups in total. The highest BCUT2D eigenvalue weighted by Crippen LogP contribution is 2.39. The second-order valence-electron chi connectivity index (χ2n) is 14.5. The summed E-state index contributed by atoms with van der Waals surface area (Å²) >= 11 is 0. The number of fused-ring (bicyclic) bond motifs is 4. The van der Waals surface area contributed by atoms with Crippen LogP contribution in [0.5, 0.6) is 0 Å². The molecule has 0 saturated carbocycles. The molecule has 58 heavy (non-hydrogen) atoms. The van der Waals surface area contributed by atoms with Gasteiger partial charge in [0, 0.05) is 33.5 Å². The zero-order chi connectivity index (χ0) is 38.4. The van der Waals surface area contributed by atoms with E-state index >= 15 is 0 Å². The minimum Gasteiger partial charge on any atom is -0.306 e. The van der Waals surface area contributed by atoms with Crippen LogP contribution in [-0.4, -0.2) is 24.1 Å². The lowest BCUT2D eigenvalue weighted by atomic mass is 9.97. The van der Waals surface area contributed by atoms with Crippen LogP contribution < -0.4 is 0 Å². The van der Waals surface area contributed by atoms with Crippen LogP contribution >= 0.6 is 0 Å². The molecule has 0 unspecified atom stereocenters. The van der Waals surface area contributed by atoms with Crippen LogP contribution in [0.3, 0.4) is 0 Å². The fraction of sp³-hybridized carbons (Fsp3) is 0. The Morgan fingerprint density at radius 1 is 0.328 bits per heavy atom. The minimum absolute atomic E-state index is 0.689. The summed E-state index contributed by atoms with van der Waals surface area (Å²) in [6.07, 6.45) is 0. The lowest BCUT2D eigenvalue weighted by molar-refractivity contribution is 1.10. The predicted octanol–water partition coefficient (Wildman–Crippen LogP) is 13.2. The van der Waals surface area contributed by atoms with Gasteiger partial charge >= 0.3 is 0 Å². The molecule has 0 aliphatic carbocycles. The Kier molecular flexibility index (Phi) is 8.07. The van der Waals surface area contributed by atoms with Gasteiger partial charge in [0.2, 0.25) is 0 Å². The summed E-state index contributed by atoms with van der Waals surface area (Å²) in [6.45, 7) is 0. The molecule has 11 aromatic rings. The lowest BCUT2D eigenvalue weighted by Crippen LogP contribution is -1.99. The average Bonchev–Trinajstić information content (AvgIpc) is 3.86. The zero-order valence-electron chi connectivity index (χ0n) is 31.4. The summed E-state index contributed by atoms with van der Waals surface area (Å²) in [6, 6.07) is 74.3. The van der Waals surface area contributed by atoms with E-state index in [-0.39, 0.29) is 0 Å². The molecule has 0 radical (unpaired) electrons. The maximum Gasteiger partial charge on any atom is 0.160 e. The topological polar surface area (TPSA) is 48.5 Å². The highest BCUT2D eigenvalue weighted by atomic mass is 15.1. The van der Waals surface area contributed by atoms with Crippen molar-refractivity contribution >= 4 is 33.0 Å². The van der Waals surface area contributed by atoms with E-state index in [1.807, 2.05) is 24.3 Å². The van der Waals surface area contributed by atoms with Crippen LogP contribution in [0, 0.1) is 0 Å². The van der Waals surface area contributed by atoms with Crippen molar-refractivity contribution in [3.8, 4) is 67.7 Å². The van der Waals surface area contributed by atoms with Crippen molar-refractivity contribution in [1.82, 2.24) is 24.1 Å². The SMILES string of the molecule is c1ccc(-c2nc(-c3cccc(-c4cccc(-c5cccc(-c6nc7ccccc7n6-c6ccccc6)c5)c4)c3)nc3c4ccccc4n(-c4ccccc4)c23)cc1. The molecule has 0 aliphatic rings. The number of hydrogen-bond acceptors (Lipinski definition) is 3. The van der Waals surface area contributed by atoms with Crippen LogP contribution in [0.25, 0.3) is 101 Å². The summed E-state index contributed by atoms with van der Waals surface area (Å²) in [5.74, 6) is 1.60. The third-order valence-corrected chi connectivity index (χ3v) is 10.9. The number of para-hydroxylation sites is 5. The highest BCUT2D eigenvalue weighted by molar-refractivity contribution is 6.11. The Morgan fingerprint density at radius 2 is 0.810 bits per heavy atom. The second-order valence-corrected chi connectivity index (χ2v) is 14.5. The van der Waals surface area contributed by atoms with Crippen molar-refractivity contribution in [2.45, 2.75) is 0 Å². The smallest absolute Gasteiger partial charge is 0.160 e. The summed E-state index contributed by atoms with van der Waals surface area (Å²) in [5.41, 5.74) is 15.6. The maximum atomic E-state index is 5.37. The molecule has 0 fully saturated rings. The van der Waals surface area contributed by atoms with Crippen molar-refractivity contribution in [2.24, 2.45) is 0 Å². The third-order valence-electron chi connectivity index (χ3n) is 10.9.